The quantitative estimate of drug-likeness (QED) is 0.763. The fourth-order valence-corrected chi connectivity index (χ4v) is 1.65. The van der Waals surface area contributed by atoms with Crippen LogP contribution in [-0.2, 0) is 6.42 Å². The first-order valence-corrected chi connectivity index (χ1v) is 5.13. The Bertz CT molecular complexity index is 344. The summed E-state index contributed by atoms with van der Waals surface area (Å²) in [7, 11) is 0. The van der Waals surface area contributed by atoms with E-state index in [2.05, 4.69) is 22.2 Å². The molecule has 1 aromatic rings. The first-order valence-electron chi connectivity index (χ1n) is 5.13. The van der Waals surface area contributed by atoms with Gasteiger partial charge in [-0.1, -0.05) is 6.92 Å². The molecule has 1 aliphatic heterocycles. The van der Waals surface area contributed by atoms with E-state index in [4.69, 9.17) is 0 Å². The highest BCUT2D eigenvalue weighted by molar-refractivity contribution is 6.00. The van der Waals surface area contributed by atoms with Crippen LogP contribution in [0.25, 0.3) is 0 Å². The first kappa shape index (κ1) is 9.19. The molecule has 3 heteroatoms. The average molecular weight is 189 g/mol. The van der Waals surface area contributed by atoms with Gasteiger partial charge in [0.1, 0.15) is 5.84 Å². The molecule has 0 saturated heterocycles. The predicted molar refractivity (Wildman–Crippen MR) is 57.6 cm³/mol. The van der Waals surface area contributed by atoms with Crippen LogP contribution in [0.3, 0.4) is 0 Å². The van der Waals surface area contributed by atoms with Crippen molar-refractivity contribution < 1.29 is 0 Å². The molecule has 0 aliphatic carbocycles. The Labute approximate surface area is 84.3 Å². The van der Waals surface area contributed by atoms with E-state index in [1.165, 1.54) is 11.1 Å². The van der Waals surface area contributed by atoms with Gasteiger partial charge in [-0.05, 0) is 24.5 Å². The number of nitrogens with one attached hydrogen (secondary N) is 1. The molecule has 2 rings (SSSR count). The maximum absolute atomic E-state index is 4.49. The van der Waals surface area contributed by atoms with Crippen molar-refractivity contribution in [1.29, 1.82) is 0 Å². The van der Waals surface area contributed by atoms with E-state index in [0.717, 1.165) is 31.8 Å². The zero-order valence-electron chi connectivity index (χ0n) is 8.45. The van der Waals surface area contributed by atoms with Gasteiger partial charge < -0.3 is 5.32 Å². The largest absolute Gasteiger partial charge is 0.370 e. The number of aromatic nitrogens is 1. The van der Waals surface area contributed by atoms with Crippen molar-refractivity contribution in [3.8, 4) is 0 Å². The van der Waals surface area contributed by atoms with E-state index in [1.807, 2.05) is 18.5 Å². The van der Waals surface area contributed by atoms with E-state index in [9.17, 15) is 0 Å². The molecular formula is C11H15N3. The number of aliphatic imine (C=N–C) groups is 1. The van der Waals surface area contributed by atoms with Crippen LogP contribution >= 0.6 is 0 Å². The van der Waals surface area contributed by atoms with Crippen molar-refractivity contribution in [3.63, 3.8) is 0 Å². The van der Waals surface area contributed by atoms with Crippen LogP contribution in [0.4, 0.5) is 0 Å². The number of pyridine rings is 1. The topological polar surface area (TPSA) is 37.3 Å². The molecule has 0 saturated carbocycles. The highest BCUT2D eigenvalue weighted by Gasteiger charge is 2.09. The minimum atomic E-state index is 0.938. The van der Waals surface area contributed by atoms with Gasteiger partial charge in [0, 0.05) is 31.0 Å². The van der Waals surface area contributed by atoms with Crippen molar-refractivity contribution in [3.05, 3.63) is 29.6 Å². The van der Waals surface area contributed by atoms with Crippen LogP contribution in [0.15, 0.2) is 23.5 Å². The monoisotopic (exact) mass is 189 g/mol. The normalized spacial score (nSPS) is 15.9. The van der Waals surface area contributed by atoms with Crippen molar-refractivity contribution in [2.45, 2.75) is 19.8 Å². The summed E-state index contributed by atoms with van der Waals surface area (Å²) in [5, 5.41) is 3.33. The molecule has 1 N–H and O–H groups in total. The zero-order chi connectivity index (χ0) is 9.80. The average Bonchev–Trinajstić information content (AvgIpc) is 2.30. The van der Waals surface area contributed by atoms with Gasteiger partial charge >= 0.3 is 0 Å². The summed E-state index contributed by atoms with van der Waals surface area (Å²) in [6.07, 6.45) is 5.89. The summed E-state index contributed by atoms with van der Waals surface area (Å²) in [6.45, 7) is 4.11. The third kappa shape index (κ3) is 1.76. The van der Waals surface area contributed by atoms with Gasteiger partial charge in [-0.25, -0.2) is 0 Å². The molecule has 1 aliphatic rings. The minimum Gasteiger partial charge on any atom is -0.370 e. The smallest absolute Gasteiger partial charge is 0.128 e. The molecule has 74 valence electrons. The maximum Gasteiger partial charge on any atom is 0.128 e. The molecule has 0 unspecified atom stereocenters. The second kappa shape index (κ2) is 4.22. The molecule has 1 aromatic heterocycles. The highest BCUT2D eigenvalue weighted by Crippen LogP contribution is 2.09. The summed E-state index contributed by atoms with van der Waals surface area (Å²) in [5.74, 6) is 1.04. The standard InChI is InChI=1S/C11H15N3/c1-2-9-8-12-7-4-10(9)11-13-5-3-6-14-11/h4,7-8H,2-3,5-6H2,1H3,(H,13,14). The van der Waals surface area contributed by atoms with Crippen LogP contribution in [0.5, 0.6) is 0 Å². The van der Waals surface area contributed by atoms with Crippen molar-refractivity contribution >= 4 is 5.84 Å². The number of aryl methyl sites for hydroxylation is 1. The van der Waals surface area contributed by atoms with E-state index in [0.29, 0.717) is 0 Å². The van der Waals surface area contributed by atoms with Crippen LogP contribution in [-0.4, -0.2) is 23.9 Å². The SMILES string of the molecule is CCc1cnccc1C1=NCCCN1. The van der Waals surface area contributed by atoms with Gasteiger partial charge in [0.15, 0.2) is 0 Å². The Morgan fingerprint density at radius 3 is 3.14 bits per heavy atom. The Hall–Kier alpha value is -1.38. The van der Waals surface area contributed by atoms with Gasteiger partial charge in [0.25, 0.3) is 0 Å². The molecule has 14 heavy (non-hydrogen) atoms. The fourth-order valence-electron chi connectivity index (χ4n) is 1.65. The Kier molecular flexibility index (Phi) is 2.77. The van der Waals surface area contributed by atoms with Crippen molar-refractivity contribution in [2.75, 3.05) is 13.1 Å². The van der Waals surface area contributed by atoms with Crippen molar-refractivity contribution in [2.24, 2.45) is 4.99 Å². The molecular weight excluding hydrogens is 174 g/mol. The van der Waals surface area contributed by atoms with Gasteiger partial charge in [0.2, 0.25) is 0 Å². The summed E-state index contributed by atoms with van der Waals surface area (Å²) in [4.78, 5) is 8.61. The molecule has 0 bridgehead atoms. The summed E-state index contributed by atoms with van der Waals surface area (Å²) in [5.41, 5.74) is 2.47. The van der Waals surface area contributed by atoms with Crippen LogP contribution in [0.1, 0.15) is 24.5 Å². The molecule has 3 nitrogen and oxygen atoms in total. The second-order valence-corrected chi connectivity index (χ2v) is 3.40. The predicted octanol–water partition coefficient (Wildman–Crippen LogP) is 1.38. The minimum absolute atomic E-state index is 0.938. The molecule has 0 atom stereocenters. The van der Waals surface area contributed by atoms with Gasteiger partial charge in [-0.3, -0.25) is 9.98 Å². The lowest BCUT2D eigenvalue weighted by Gasteiger charge is -2.16. The number of amidine groups is 1. The summed E-state index contributed by atoms with van der Waals surface area (Å²) < 4.78 is 0. The highest BCUT2D eigenvalue weighted by atomic mass is 15.0. The summed E-state index contributed by atoms with van der Waals surface area (Å²) >= 11 is 0. The van der Waals surface area contributed by atoms with E-state index < -0.39 is 0 Å². The molecule has 0 aromatic carbocycles. The van der Waals surface area contributed by atoms with Crippen LogP contribution in [0.2, 0.25) is 0 Å². The van der Waals surface area contributed by atoms with Crippen LogP contribution < -0.4 is 5.32 Å². The third-order valence-electron chi connectivity index (χ3n) is 2.44. The fraction of sp³-hybridized carbons (Fsp3) is 0.455. The van der Waals surface area contributed by atoms with Gasteiger partial charge in [-0.15, -0.1) is 0 Å². The Morgan fingerprint density at radius 1 is 1.50 bits per heavy atom. The van der Waals surface area contributed by atoms with Crippen molar-refractivity contribution in [1.82, 2.24) is 10.3 Å². The zero-order valence-corrected chi connectivity index (χ0v) is 8.45. The molecule has 0 amide bonds. The van der Waals surface area contributed by atoms with E-state index in [1.54, 1.807) is 0 Å². The molecule has 0 spiro atoms. The van der Waals surface area contributed by atoms with Crippen LogP contribution in [0, 0.1) is 0 Å². The Balaban J connectivity index is 2.34. The third-order valence-corrected chi connectivity index (χ3v) is 2.44. The number of rotatable bonds is 2. The Morgan fingerprint density at radius 2 is 2.43 bits per heavy atom. The lowest BCUT2D eigenvalue weighted by Crippen LogP contribution is -2.30. The summed E-state index contributed by atoms with van der Waals surface area (Å²) in [6, 6.07) is 2.04. The van der Waals surface area contributed by atoms with E-state index >= 15 is 0 Å². The molecule has 0 fully saturated rings. The maximum atomic E-state index is 4.49. The lowest BCUT2D eigenvalue weighted by molar-refractivity contribution is 0.741. The molecule has 0 radical (unpaired) electrons. The van der Waals surface area contributed by atoms with Gasteiger partial charge in [0.05, 0.1) is 0 Å². The van der Waals surface area contributed by atoms with Gasteiger partial charge in [-0.2, -0.15) is 0 Å². The molecule has 2 heterocycles. The van der Waals surface area contributed by atoms with E-state index in [-0.39, 0.29) is 0 Å². The number of hydrogen-bond donors (Lipinski definition) is 1. The first-order chi connectivity index (χ1) is 6.92. The lowest BCUT2D eigenvalue weighted by atomic mass is 10.1. The second-order valence-electron chi connectivity index (χ2n) is 3.40. The number of nitrogens with zero attached hydrogens (tertiary/aromatic N) is 2. The number of hydrogen-bond acceptors (Lipinski definition) is 3.